The van der Waals surface area contributed by atoms with E-state index in [0.29, 0.717) is 17.6 Å². The highest BCUT2D eigenvalue weighted by Crippen LogP contribution is 2.29. The zero-order chi connectivity index (χ0) is 14.9. The summed E-state index contributed by atoms with van der Waals surface area (Å²) in [5, 5.41) is 0. The lowest BCUT2D eigenvalue weighted by Crippen LogP contribution is -2.18. The SMILES string of the molecule is CCCC(C)(C)Cc1nc2cc(F)c(F)cc2n1CC. The summed E-state index contributed by atoms with van der Waals surface area (Å²) in [4.78, 5) is 4.51. The van der Waals surface area contributed by atoms with Gasteiger partial charge in [-0.3, -0.25) is 0 Å². The Balaban J connectivity index is 2.48. The Hall–Kier alpha value is -1.45. The number of rotatable bonds is 5. The zero-order valence-electron chi connectivity index (χ0n) is 12.6. The van der Waals surface area contributed by atoms with Crippen molar-refractivity contribution < 1.29 is 8.78 Å². The molecule has 0 aliphatic heterocycles. The van der Waals surface area contributed by atoms with Crippen molar-refractivity contribution in [1.29, 1.82) is 0 Å². The van der Waals surface area contributed by atoms with Gasteiger partial charge < -0.3 is 4.57 Å². The molecule has 2 aromatic rings. The summed E-state index contributed by atoms with van der Waals surface area (Å²) in [6.07, 6.45) is 3.03. The molecule has 0 bridgehead atoms. The number of imidazole rings is 1. The van der Waals surface area contributed by atoms with Crippen molar-refractivity contribution >= 4 is 11.0 Å². The topological polar surface area (TPSA) is 17.8 Å². The summed E-state index contributed by atoms with van der Waals surface area (Å²) in [6, 6.07) is 2.44. The van der Waals surface area contributed by atoms with E-state index in [4.69, 9.17) is 0 Å². The molecule has 0 atom stereocenters. The molecule has 0 N–H and O–H groups in total. The number of fused-ring (bicyclic) bond motifs is 1. The van der Waals surface area contributed by atoms with Gasteiger partial charge in [0.1, 0.15) is 5.82 Å². The van der Waals surface area contributed by atoms with E-state index in [-0.39, 0.29) is 5.41 Å². The van der Waals surface area contributed by atoms with Gasteiger partial charge >= 0.3 is 0 Å². The van der Waals surface area contributed by atoms with Gasteiger partial charge in [0, 0.05) is 25.1 Å². The Kier molecular flexibility index (Phi) is 4.11. The first-order valence-corrected chi connectivity index (χ1v) is 7.22. The molecule has 1 heterocycles. The number of halogens is 2. The van der Waals surface area contributed by atoms with Gasteiger partial charge in [0.15, 0.2) is 11.6 Å². The van der Waals surface area contributed by atoms with Gasteiger partial charge in [0.25, 0.3) is 0 Å². The molecular weight excluding hydrogens is 258 g/mol. The number of aromatic nitrogens is 2. The fraction of sp³-hybridized carbons (Fsp3) is 0.562. The van der Waals surface area contributed by atoms with Crippen LogP contribution in [0, 0.1) is 17.0 Å². The fourth-order valence-electron chi connectivity index (χ4n) is 2.85. The number of hydrogen-bond acceptors (Lipinski definition) is 1. The van der Waals surface area contributed by atoms with Crippen molar-refractivity contribution in [2.75, 3.05) is 0 Å². The minimum atomic E-state index is -0.836. The Bertz CT molecular complexity index is 614. The van der Waals surface area contributed by atoms with E-state index in [0.717, 1.165) is 25.1 Å². The molecule has 0 aliphatic carbocycles. The third-order valence-electron chi connectivity index (χ3n) is 3.75. The largest absolute Gasteiger partial charge is 0.328 e. The molecule has 0 fully saturated rings. The van der Waals surface area contributed by atoms with Crippen LogP contribution in [0.25, 0.3) is 11.0 Å². The number of aryl methyl sites for hydroxylation is 1. The molecule has 1 aromatic carbocycles. The van der Waals surface area contributed by atoms with Gasteiger partial charge in [-0.05, 0) is 18.8 Å². The number of benzene rings is 1. The minimum Gasteiger partial charge on any atom is -0.328 e. The first-order chi connectivity index (χ1) is 9.38. The quantitative estimate of drug-likeness (QED) is 0.776. The number of hydrogen-bond donors (Lipinski definition) is 0. The van der Waals surface area contributed by atoms with E-state index in [9.17, 15) is 8.78 Å². The third kappa shape index (κ3) is 2.84. The molecule has 110 valence electrons. The maximum Gasteiger partial charge on any atom is 0.161 e. The molecule has 0 aliphatic rings. The zero-order valence-corrected chi connectivity index (χ0v) is 12.6. The van der Waals surface area contributed by atoms with E-state index in [2.05, 4.69) is 25.8 Å². The van der Waals surface area contributed by atoms with Crippen molar-refractivity contribution in [3.8, 4) is 0 Å². The highest BCUT2D eigenvalue weighted by molar-refractivity contribution is 5.76. The monoisotopic (exact) mass is 280 g/mol. The second-order valence-corrected chi connectivity index (χ2v) is 6.12. The van der Waals surface area contributed by atoms with E-state index < -0.39 is 11.6 Å². The van der Waals surface area contributed by atoms with Gasteiger partial charge in [0.05, 0.1) is 11.0 Å². The van der Waals surface area contributed by atoms with Crippen molar-refractivity contribution in [1.82, 2.24) is 9.55 Å². The summed E-state index contributed by atoms with van der Waals surface area (Å²) in [5.41, 5.74) is 1.35. The molecule has 4 heteroatoms. The fourth-order valence-corrected chi connectivity index (χ4v) is 2.85. The van der Waals surface area contributed by atoms with Gasteiger partial charge in [-0.15, -0.1) is 0 Å². The Morgan fingerprint density at radius 2 is 1.80 bits per heavy atom. The molecular formula is C16H22F2N2. The van der Waals surface area contributed by atoms with Crippen LogP contribution in [-0.4, -0.2) is 9.55 Å². The van der Waals surface area contributed by atoms with E-state index in [1.165, 1.54) is 12.1 Å². The third-order valence-corrected chi connectivity index (χ3v) is 3.75. The van der Waals surface area contributed by atoms with Crippen molar-refractivity contribution in [3.63, 3.8) is 0 Å². The van der Waals surface area contributed by atoms with Crippen molar-refractivity contribution in [2.24, 2.45) is 5.41 Å². The normalized spacial score (nSPS) is 12.3. The smallest absolute Gasteiger partial charge is 0.161 e. The van der Waals surface area contributed by atoms with Gasteiger partial charge in [-0.2, -0.15) is 0 Å². The van der Waals surface area contributed by atoms with Crippen LogP contribution in [0.5, 0.6) is 0 Å². The standard InChI is InChI=1S/C16H22F2N2/c1-5-7-16(3,4)10-15-19-13-8-11(17)12(18)9-14(13)20(15)6-2/h8-9H,5-7,10H2,1-4H3. The minimum absolute atomic E-state index is 0.139. The van der Waals surface area contributed by atoms with Crippen LogP contribution in [0.1, 0.15) is 46.4 Å². The first-order valence-electron chi connectivity index (χ1n) is 7.22. The molecule has 0 saturated carbocycles. The molecule has 0 spiro atoms. The molecule has 1 aromatic heterocycles. The second-order valence-electron chi connectivity index (χ2n) is 6.12. The maximum absolute atomic E-state index is 13.4. The van der Waals surface area contributed by atoms with Crippen LogP contribution in [0.2, 0.25) is 0 Å². The molecule has 2 rings (SSSR count). The van der Waals surface area contributed by atoms with E-state index >= 15 is 0 Å². The molecule has 20 heavy (non-hydrogen) atoms. The second kappa shape index (κ2) is 5.51. The highest BCUT2D eigenvalue weighted by atomic mass is 19.2. The lowest BCUT2D eigenvalue weighted by molar-refractivity contribution is 0.318. The van der Waals surface area contributed by atoms with Crippen molar-refractivity contribution in [3.05, 3.63) is 29.6 Å². The summed E-state index contributed by atoms with van der Waals surface area (Å²) in [5.74, 6) is -0.741. The molecule has 2 nitrogen and oxygen atoms in total. The average molecular weight is 280 g/mol. The van der Waals surface area contributed by atoms with E-state index in [1.807, 2.05) is 11.5 Å². The average Bonchev–Trinajstić information content (AvgIpc) is 2.65. The summed E-state index contributed by atoms with van der Waals surface area (Å²) in [7, 11) is 0. The first kappa shape index (κ1) is 14.9. The molecule has 0 saturated heterocycles. The summed E-state index contributed by atoms with van der Waals surface area (Å²) < 4.78 is 28.7. The summed E-state index contributed by atoms with van der Waals surface area (Å²) in [6.45, 7) is 9.28. The van der Waals surface area contributed by atoms with Gasteiger partial charge in [0.2, 0.25) is 0 Å². The Labute approximate surface area is 118 Å². The van der Waals surface area contributed by atoms with Crippen LogP contribution in [-0.2, 0) is 13.0 Å². The van der Waals surface area contributed by atoms with E-state index in [1.54, 1.807) is 0 Å². The molecule has 0 unspecified atom stereocenters. The number of nitrogens with zero attached hydrogens (tertiary/aromatic N) is 2. The lowest BCUT2D eigenvalue weighted by atomic mass is 9.84. The van der Waals surface area contributed by atoms with Crippen LogP contribution in [0.15, 0.2) is 12.1 Å². The highest BCUT2D eigenvalue weighted by Gasteiger charge is 2.22. The Morgan fingerprint density at radius 1 is 1.15 bits per heavy atom. The van der Waals surface area contributed by atoms with Crippen LogP contribution in [0.3, 0.4) is 0 Å². The van der Waals surface area contributed by atoms with Gasteiger partial charge in [-0.1, -0.05) is 27.2 Å². The molecule has 0 radical (unpaired) electrons. The Morgan fingerprint density at radius 3 is 2.40 bits per heavy atom. The lowest BCUT2D eigenvalue weighted by Gasteiger charge is -2.23. The summed E-state index contributed by atoms with van der Waals surface area (Å²) >= 11 is 0. The maximum atomic E-state index is 13.4. The predicted octanol–water partition coefficient (Wildman–Crippen LogP) is 4.70. The predicted molar refractivity (Wildman–Crippen MR) is 77.7 cm³/mol. The molecule has 0 amide bonds. The van der Waals surface area contributed by atoms with Gasteiger partial charge in [-0.25, -0.2) is 13.8 Å². The van der Waals surface area contributed by atoms with Crippen LogP contribution in [0.4, 0.5) is 8.78 Å². The van der Waals surface area contributed by atoms with Crippen LogP contribution >= 0.6 is 0 Å². The van der Waals surface area contributed by atoms with Crippen LogP contribution < -0.4 is 0 Å². The van der Waals surface area contributed by atoms with Crippen molar-refractivity contribution in [2.45, 2.75) is 53.5 Å².